The molecule has 1 saturated heterocycles. The highest BCUT2D eigenvalue weighted by Gasteiger charge is 2.31. The van der Waals surface area contributed by atoms with E-state index >= 15 is 0 Å². The predicted molar refractivity (Wildman–Crippen MR) is 114 cm³/mol. The Morgan fingerprint density at radius 2 is 1.71 bits per heavy atom. The van der Waals surface area contributed by atoms with E-state index in [9.17, 15) is 18.0 Å². The van der Waals surface area contributed by atoms with Crippen molar-refractivity contribution in [3.05, 3.63) is 48.0 Å². The minimum atomic E-state index is -4.41. The van der Waals surface area contributed by atoms with Gasteiger partial charge in [0.15, 0.2) is 0 Å². The normalized spacial score (nSPS) is 16.0. The molecule has 4 rings (SSSR count). The number of hydrogen-bond acceptors (Lipinski definition) is 4. The second kappa shape index (κ2) is 8.32. The van der Waals surface area contributed by atoms with Gasteiger partial charge in [-0.05, 0) is 49.5 Å². The van der Waals surface area contributed by atoms with E-state index in [4.69, 9.17) is 0 Å². The van der Waals surface area contributed by atoms with Crippen molar-refractivity contribution in [2.24, 2.45) is 7.05 Å². The first kappa shape index (κ1) is 21.3. The summed E-state index contributed by atoms with van der Waals surface area (Å²) in [7, 11) is 3.84. The monoisotopic (exact) mass is 431 g/mol. The zero-order chi connectivity index (χ0) is 22.2. The molecule has 1 aliphatic rings. The summed E-state index contributed by atoms with van der Waals surface area (Å²) in [5.41, 5.74) is 1.61. The van der Waals surface area contributed by atoms with Gasteiger partial charge >= 0.3 is 6.18 Å². The average molecular weight is 431 g/mol. The second-order valence-corrected chi connectivity index (χ2v) is 7.90. The standard InChI is InChI=1S/C22H24F3N5O/c1-28-9-11-30(12-10-28)14-20(31)26-17-6-3-15(4-7-17)21-27-18-13-16(22(23,24)25)5-8-19(18)29(21)2/h3-8,13H,9-12,14H2,1-2H3,(H,26,31). The summed E-state index contributed by atoms with van der Waals surface area (Å²) >= 11 is 0. The van der Waals surface area contributed by atoms with E-state index < -0.39 is 11.7 Å². The van der Waals surface area contributed by atoms with Crippen LogP contribution in [0, 0.1) is 0 Å². The van der Waals surface area contributed by atoms with E-state index in [1.807, 2.05) is 0 Å². The number of fused-ring (bicyclic) bond motifs is 1. The summed E-state index contributed by atoms with van der Waals surface area (Å²) in [5, 5.41) is 2.90. The molecule has 164 valence electrons. The van der Waals surface area contributed by atoms with Gasteiger partial charge in [0.25, 0.3) is 0 Å². The number of aromatic nitrogens is 2. The van der Waals surface area contributed by atoms with Crippen molar-refractivity contribution in [1.82, 2.24) is 19.4 Å². The van der Waals surface area contributed by atoms with Gasteiger partial charge in [-0.1, -0.05) is 0 Å². The number of nitrogens with one attached hydrogen (secondary N) is 1. The fourth-order valence-corrected chi connectivity index (χ4v) is 3.75. The van der Waals surface area contributed by atoms with Gasteiger partial charge in [-0.2, -0.15) is 13.2 Å². The molecule has 1 amide bonds. The van der Waals surface area contributed by atoms with Crippen molar-refractivity contribution in [3.8, 4) is 11.4 Å². The molecule has 3 aromatic rings. The minimum absolute atomic E-state index is 0.0697. The van der Waals surface area contributed by atoms with Crippen LogP contribution < -0.4 is 5.32 Å². The molecule has 31 heavy (non-hydrogen) atoms. The fraction of sp³-hybridized carbons (Fsp3) is 0.364. The molecule has 9 heteroatoms. The molecule has 1 N–H and O–H groups in total. The van der Waals surface area contributed by atoms with Crippen LogP contribution >= 0.6 is 0 Å². The highest BCUT2D eigenvalue weighted by Crippen LogP contribution is 2.32. The number of nitrogens with zero attached hydrogens (tertiary/aromatic N) is 4. The number of halogens is 3. The Kier molecular flexibility index (Phi) is 5.72. The Hall–Kier alpha value is -2.91. The molecule has 0 atom stereocenters. The van der Waals surface area contributed by atoms with Crippen LogP contribution in [0.25, 0.3) is 22.4 Å². The van der Waals surface area contributed by atoms with Crippen molar-refractivity contribution in [2.45, 2.75) is 6.18 Å². The van der Waals surface area contributed by atoms with E-state index in [1.165, 1.54) is 6.07 Å². The van der Waals surface area contributed by atoms with Gasteiger partial charge in [-0.3, -0.25) is 9.69 Å². The van der Waals surface area contributed by atoms with Gasteiger partial charge in [-0.25, -0.2) is 4.98 Å². The predicted octanol–water partition coefficient (Wildman–Crippen LogP) is 3.45. The number of amides is 1. The SMILES string of the molecule is CN1CCN(CC(=O)Nc2ccc(-c3nc4cc(C(F)(F)F)ccc4n3C)cc2)CC1. The number of hydrogen-bond donors (Lipinski definition) is 1. The smallest absolute Gasteiger partial charge is 0.327 e. The topological polar surface area (TPSA) is 53.4 Å². The zero-order valence-corrected chi connectivity index (χ0v) is 17.4. The van der Waals surface area contributed by atoms with Crippen molar-refractivity contribution in [2.75, 3.05) is 45.1 Å². The third-order valence-electron chi connectivity index (χ3n) is 5.60. The van der Waals surface area contributed by atoms with Crippen LogP contribution in [0.1, 0.15) is 5.56 Å². The maximum atomic E-state index is 13.0. The third-order valence-corrected chi connectivity index (χ3v) is 5.60. The number of imidazole rings is 1. The van der Waals surface area contributed by atoms with Crippen molar-refractivity contribution in [1.29, 1.82) is 0 Å². The Labute approximate surface area is 178 Å². The molecule has 6 nitrogen and oxygen atoms in total. The van der Waals surface area contributed by atoms with Crippen LogP contribution in [0.3, 0.4) is 0 Å². The molecule has 0 saturated carbocycles. The van der Waals surface area contributed by atoms with Gasteiger partial charge in [0.2, 0.25) is 5.91 Å². The molecule has 1 aromatic heterocycles. The largest absolute Gasteiger partial charge is 0.416 e. The highest BCUT2D eigenvalue weighted by molar-refractivity contribution is 5.92. The molecule has 0 radical (unpaired) electrons. The molecule has 0 unspecified atom stereocenters. The van der Waals surface area contributed by atoms with Crippen LogP contribution in [-0.4, -0.2) is 65.0 Å². The Morgan fingerprint density at radius 3 is 2.35 bits per heavy atom. The molecule has 2 heterocycles. The zero-order valence-electron chi connectivity index (χ0n) is 17.4. The number of aryl methyl sites for hydroxylation is 1. The van der Waals surface area contributed by atoms with Crippen molar-refractivity contribution >= 4 is 22.6 Å². The summed E-state index contributed by atoms with van der Waals surface area (Å²) in [4.78, 5) is 21.1. The summed E-state index contributed by atoms with van der Waals surface area (Å²) in [6.45, 7) is 3.98. The number of piperazine rings is 1. The number of likely N-dealkylation sites (N-methyl/N-ethyl adjacent to an activating group) is 1. The first-order valence-electron chi connectivity index (χ1n) is 10.1. The molecule has 0 aliphatic carbocycles. The van der Waals surface area contributed by atoms with E-state index in [-0.39, 0.29) is 11.4 Å². The molecular formula is C22H24F3N5O. The molecule has 2 aromatic carbocycles. The van der Waals surface area contributed by atoms with Gasteiger partial charge < -0.3 is 14.8 Å². The van der Waals surface area contributed by atoms with Crippen LogP contribution in [0.2, 0.25) is 0 Å². The average Bonchev–Trinajstić information content (AvgIpc) is 3.06. The molecule has 1 aliphatic heterocycles. The summed E-state index contributed by atoms with van der Waals surface area (Å²) in [6, 6.07) is 10.7. The number of benzene rings is 2. The van der Waals surface area contributed by atoms with Crippen LogP contribution in [0.15, 0.2) is 42.5 Å². The van der Waals surface area contributed by atoms with Gasteiger partial charge in [0.05, 0.1) is 23.1 Å². The van der Waals surface area contributed by atoms with Crippen molar-refractivity contribution in [3.63, 3.8) is 0 Å². The van der Waals surface area contributed by atoms with E-state index in [0.717, 1.165) is 43.9 Å². The highest BCUT2D eigenvalue weighted by atomic mass is 19.4. The van der Waals surface area contributed by atoms with Crippen LogP contribution in [0.4, 0.5) is 18.9 Å². The minimum Gasteiger partial charge on any atom is -0.327 e. The van der Waals surface area contributed by atoms with E-state index in [0.29, 0.717) is 23.6 Å². The van der Waals surface area contributed by atoms with Crippen LogP contribution in [-0.2, 0) is 18.0 Å². The van der Waals surface area contributed by atoms with Gasteiger partial charge in [0.1, 0.15) is 5.82 Å². The number of carbonyl (C=O) groups is 1. The quantitative estimate of drug-likeness (QED) is 0.688. The first-order chi connectivity index (χ1) is 14.7. The lowest BCUT2D eigenvalue weighted by molar-refractivity contribution is -0.137. The lowest BCUT2D eigenvalue weighted by atomic mass is 10.2. The number of rotatable bonds is 4. The summed E-state index contributed by atoms with van der Waals surface area (Å²) in [5.74, 6) is 0.490. The number of alkyl halides is 3. The maximum absolute atomic E-state index is 13.0. The maximum Gasteiger partial charge on any atom is 0.416 e. The lowest BCUT2D eigenvalue weighted by Gasteiger charge is -2.31. The van der Waals surface area contributed by atoms with Crippen LogP contribution in [0.5, 0.6) is 0 Å². The number of anilines is 1. The molecule has 1 fully saturated rings. The third kappa shape index (κ3) is 4.72. The molecular weight excluding hydrogens is 407 g/mol. The van der Waals surface area contributed by atoms with Gasteiger partial charge in [0, 0.05) is 44.5 Å². The van der Waals surface area contributed by atoms with E-state index in [1.54, 1.807) is 35.9 Å². The first-order valence-corrected chi connectivity index (χ1v) is 10.1. The van der Waals surface area contributed by atoms with Crippen molar-refractivity contribution < 1.29 is 18.0 Å². The van der Waals surface area contributed by atoms with E-state index in [2.05, 4.69) is 27.1 Å². The number of carbonyl (C=O) groups excluding carboxylic acids is 1. The summed E-state index contributed by atoms with van der Waals surface area (Å²) in [6.07, 6.45) is -4.41. The second-order valence-electron chi connectivity index (χ2n) is 7.90. The molecule has 0 spiro atoms. The summed E-state index contributed by atoms with van der Waals surface area (Å²) < 4.78 is 40.7. The Bertz CT molecular complexity index is 1080. The fourth-order valence-electron chi connectivity index (χ4n) is 3.75. The lowest BCUT2D eigenvalue weighted by Crippen LogP contribution is -2.47. The molecule has 0 bridgehead atoms. The Morgan fingerprint density at radius 1 is 1.03 bits per heavy atom. The van der Waals surface area contributed by atoms with Gasteiger partial charge in [-0.15, -0.1) is 0 Å². The Balaban J connectivity index is 1.47.